The summed E-state index contributed by atoms with van der Waals surface area (Å²) in [5.74, 6) is 0. The van der Waals surface area contributed by atoms with Gasteiger partial charge in [0, 0.05) is 12.8 Å². The quantitative estimate of drug-likeness (QED) is 0.830. The van der Waals surface area contributed by atoms with E-state index in [0.717, 1.165) is 5.56 Å². The van der Waals surface area contributed by atoms with Crippen LogP contribution in [0.25, 0.3) is 0 Å². The third kappa shape index (κ3) is 3.82. The van der Waals surface area contributed by atoms with Crippen LogP contribution in [0.1, 0.15) is 18.9 Å². The van der Waals surface area contributed by atoms with Crippen LogP contribution in [-0.4, -0.2) is 17.0 Å². The van der Waals surface area contributed by atoms with Crippen molar-refractivity contribution in [1.82, 2.24) is 0 Å². The Labute approximate surface area is 98.8 Å². The smallest absolute Gasteiger partial charge is 0.122 e. The van der Waals surface area contributed by atoms with Gasteiger partial charge in [-0.1, -0.05) is 29.3 Å². The van der Waals surface area contributed by atoms with Crippen LogP contribution in [0.2, 0.25) is 10.0 Å². The second-order valence-corrected chi connectivity index (χ2v) is 4.61. The minimum absolute atomic E-state index is 0.104. The van der Waals surface area contributed by atoms with Crippen molar-refractivity contribution in [3.8, 4) is 0 Å². The summed E-state index contributed by atoms with van der Waals surface area (Å²) in [5, 5.41) is 10.8. The zero-order chi connectivity index (χ0) is 11.5. The van der Waals surface area contributed by atoms with Gasteiger partial charge in [0.05, 0.1) is 15.6 Å². The summed E-state index contributed by atoms with van der Waals surface area (Å²) >= 11 is 11.6. The van der Waals surface area contributed by atoms with Crippen molar-refractivity contribution in [2.75, 3.05) is 0 Å². The molecule has 1 atom stereocenters. The molecule has 0 saturated carbocycles. The van der Waals surface area contributed by atoms with Crippen molar-refractivity contribution in [1.29, 1.82) is 0 Å². The first-order valence-corrected chi connectivity index (χ1v) is 5.30. The van der Waals surface area contributed by atoms with Gasteiger partial charge in [-0.05, 0) is 24.6 Å². The molecule has 0 bridgehead atoms. The van der Waals surface area contributed by atoms with E-state index in [1.54, 1.807) is 25.1 Å². The van der Waals surface area contributed by atoms with Crippen molar-refractivity contribution >= 4 is 29.5 Å². The predicted octanol–water partition coefficient (Wildman–Crippen LogP) is 2.88. The summed E-state index contributed by atoms with van der Waals surface area (Å²) in [5.41, 5.74) is -0.171. The van der Waals surface area contributed by atoms with Crippen LogP contribution in [0.4, 0.5) is 0 Å². The fraction of sp³-hybridized carbons (Fsp3) is 0.364. The van der Waals surface area contributed by atoms with Gasteiger partial charge in [0.25, 0.3) is 0 Å². The van der Waals surface area contributed by atoms with E-state index >= 15 is 0 Å². The average Bonchev–Trinajstić information content (AvgIpc) is 2.10. The summed E-state index contributed by atoms with van der Waals surface area (Å²) < 4.78 is 0. The number of rotatable bonds is 4. The number of carbonyl (C=O) groups is 1. The number of halogens is 2. The number of benzene rings is 1. The first kappa shape index (κ1) is 12.5. The molecule has 15 heavy (non-hydrogen) atoms. The lowest BCUT2D eigenvalue weighted by Crippen LogP contribution is -2.27. The molecule has 0 saturated heterocycles. The Morgan fingerprint density at radius 2 is 2.07 bits per heavy atom. The van der Waals surface area contributed by atoms with E-state index in [-0.39, 0.29) is 6.42 Å². The van der Waals surface area contributed by atoms with E-state index in [1.165, 1.54) is 0 Å². The minimum atomic E-state index is -1.03. The van der Waals surface area contributed by atoms with Gasteiger partial charge in [-0.25, -0.2) is 0 Å². The highest BCUT2D eigenvalue weighted by atomic mass is 35.5. The fourth-order valence-corrected chi connectivity index (χ4v) is 1.66. The van der Waals surface area contributed by atoms with E-state index in [1.807, 2.05) is 0 Å². The predicted molar refractivity (Wildman–Crippen MR) is 61.5 cm³/mol. The molecule has 0 amide bonds. The molecule has 1 N–H and O–H groups in total. The van der Waals surface area contributed by atoms with Gasteiger partial charge in [-0.3, -0.25) is 0 Å². The largest absolute Gasteiger partial charge is 0.389 e. The lowest BCUT2D eigenvalue weighted by atomic mass is 9.94. The van der Waals surface area contributed by atoms with Crippen molar-refractivity contribution in [2.24, 2.45) is 0 Å². The summed E-state index contributed by atoms with van der Waals surface area (Å²) in [7, 11) is 0. The van der Waals surface area contributed by atoms with Crippen LogP contribution >= 0.6 is 23.2 Å². The van der Waals surface area contributed by atoms with Gasteiger partial charge in [0.15, 0.2) is 0 Å². The van der Waals surface area contributed by atoms with E-state index < -0.39 is 5.60 Å². The maximum atomic E-state index is 10.3. The second-order valence-electron chi connectivity index (χ2n) is 3.79. The van der Waals surface area contributed by atoms with Crippen molar-refractivity contribution in [3.63, 3.8) is 0 Å². The summed E-state index contributed by atoms with van der Waals surface area (Å²) in [6.07, 6.45) is 1.19. The van der Waals surface area contributed by atoms with Gasteiger partial charge in [0.1, 0.15) is 6.29 Å². The van der Waals surface area contributed by atoms with Crippen LogP contribution in [0.15, 0.2) is 18.2 Å². The van der Waals surface area contributed by atoms with Crippen molar-refractivity contribution in [2.45, 2.75) is 25.4 Å². The first-order valence-electron chi connectivity index (χ1n) is 4.54. The molecule has 0 aliphatic rings. The van der Waals surface area contributed by atoms with E-state index in [2.05, 4.69) is 0 Å². The first-order chi connectivity index (χ1) is 6.94. The van der Waals surface area contributed by atoms with Crippen molar-refractivity contribution in [3.05, 3.63) is 33.8 Å². The molecule has 0 aromatic heterocycles. The fourth-order valence-electron chi connectivity index (χ4n) is 1.34. The Balaban J connectivity index is 2.80. The maximum absolute atomic E-state index is 10.3. The zero-order valence-electron chi connectivity index (χ0n) is 8.34. The minimum Gasteiger partial charge on any atom is -0.389 e. The van der Waals surface area contributed by atoms with Gasteiger partial charge < -0.3 is 9.90 Å². The Bertz CT molecular complexity index is 362. The molecule has 0 spiro atoms. The van der Waals surface area contributed by atoms with Crippen LogP contribution < -0.4 is 0 Å². The molecular weight excluding hydrogens is 235 g/mol. The lowest BCUT2D eigenvalue weighted by molar-refractivity contribution is -0.111. The third-order valence-electron chi connectivity index (χ3n) is 2.09. The maximum Gasteiger partial charge on any atom is 0.122 e. The normalized spacial score (nSPS) is 14.7. The molecule has 2 nitrogen and oxygen atoms in total. The lowest BCUT2D eigenvalue weighted by Gasteiger charge is -2.20. The van der Waals surface area contributed by atoms with E-state index in [4.69, 9.17) is 23.2 Å². The number of carbonyl (C=O) groups excluding carboxylic acids is 1. The SMILES string of the molecule is CC(O)(CC=O)Cc1ccc(Cl)c(Cl)c1. The molecule has 4 heteroatoms. The van der Waals surface area contributed by atoms with Crippen LogP contribution in [0.3, 0.4) is 0 Å². The molecule has 0 fully saturated rings. The standard InChI is InChI=1S/C11H12Cl2O2/c1-11(15,4-5-14)7-8-2-3-9(12)10(13)6-8/h2-3,5-6,15H,4,7H2,1H3. The Morgan fingerprint density at radius 1 is 1.40 bits per heavy atom. The molecule has 0 heterocycles. The number of aliphatic hydroxyl groups is 1. The molecule has 0 aliphatic carbocycles. The van der Waals surface area contributed by atoms with E-state index in [0.29, 0.717) is 22.8 Å². The highest BCUT2D eigenvalue weighted by Gasteiger charge is 2.20. The highest BCUT2D eigenvalue weighted by Crippen LogP contribution is 2.25. The number of hydrogen-bond donors (Lipinski definition) is 1. The molecule has 1 rings (SSSR count). The Morgan fingerprint density at radius 3 is 2.60 bits per heavy atom. The average molecular weight is 247 g/mol. The molecule has 1 aromatic carbocycles. The number of hydrogen-bond acceptors (Lipinski definition) is 2. The van der Waals surface area contributed by atoms with Crippen LogP contribution in [0.5, 0.6) is 0 Å². The second kappa shape index (κ2) is 4.97. The van der Waals surface area contributed by atoms with Crippen LogP contribution in [-0.2, 0) is 11.2 Å². The molecule has 1 unspecified atom stereocenters. The highest BCUT2D eigenvalue weighted by molar-refractivity contribution is 6.42. The number of aldehydes is 1. The van der Waals surface area contributed by atoms with Gasteiger partial charge >= 0.3 is 0 Å². The summed E-state index contributed by atoms with van der Waals surface area (Å²) in [6, 6.07) is 5.16. The molecule has 82 valence electrons. The van der Waals surface area contributed by atoms with E-state index in [9.17, 15) is 9.90 Å². The van der Waals surface area contributed by atoms with Crippen molar-refractivity contribution < 1.29 is 9.90 Å². The zero-order valence-corrected chi connectivity index (χ0v) is 9.85. The summed E-state index contributed by atoms with van der Waals surface area (Å²) in [4.78, 5) is 10.3. The third-order valence-corrected chi connectivity index (χ3v) is 2.83. The van der Waals surface area contributed by atoms with Crippen LogP contribution in [0, 0.1) is 0 Å². The molecule has 0 aliphatic heterocycles. The summed E-state index contributed by atoms with van der Waals surface area (Å²) in [6.45, 7) is 1.61. The Kier molecular flexibility index (Phi) is 4.14. The molecule has 0 radical (unpaired) electrons. The monoisotopic (exact) mass is 246 g/mol. The van der Waals surface area contributed by atoms with Gasteiger partial charge in [-0.15, -0.1) is 0 Å². The molecular formula is C11H12Cl2O2. The molecule has 1 aromatic rings. The Hall–Kier alpha value is -0.570. The van der Waals surface area contributed by atoms with Gasteiger partial charge in [0.2, 0.25) is 0 Å². The van der Waals surface area contributed by atoms with Gasteiger partial charge in [-0.2, -0.15) is 0 Å². The topological polar surface area (TPSA) is 37.3 Å².